The number of carboxylic acids is 1. The normalized spacial score (nSPS) is 24.9. The standard InChI is InChI=1S/C10H19NO2S/c1-10(2,9(12)13)14-8-5-4-6-11(3)7-8/h8H,4-7H2,1-3H3,(H,12,13). The van der Waals surface area contributed by atoms with Crippen LogP contribution in [0, 0.1) is 0 Å². The van der Waals surface area contributed by atoms with Crippen molar-refractivity contribution < 1.29 is 9.90 Å². The van der Waals surface area contributed by atoms with Crippen LogP contribution in [0.25, 0.3) is 0 Å². The number of piperidine rings is 1. The van der Waals surface area contributed by atoms with E-state index in [0.29, 0.717) is 5.25 Å². The maximum absolute atomic E-state index is 10.9. The molecule has 1 aliphatic rings. The van der Waals surface area contributed by atoms with Gasteiger partial charge in [-0.15, -0.1) is 11.8 Å². The second-order valence-electron chi connectivity index (χ2n) is 4.46. The summed E-state index contributed by atoms with van der Waals surface area (Å²) in [6, 6.07) is 0. The zero-order chi connectivity index (χ0) is 10.8. The third-order valence-electron chi connectivity index (χ3n) is 2.56. The second kappa shape index (κ2) is 4.53. The van der Waals surface area contributed by atoms with E-state index in [-0.39, 0.29) is 0 Å². The van der Waals surface area contributed by atoms with Crippen LogP contribution in [0.3, 0.4) is 0 Å². The molecule has 14 heavy (non-hydrogen) atoms. The van der Waals surface area contributed by atoms with Crippen LogP contribution in [0.4, 0.5) is 0 Å². The van der Waals surface area contributed by atoms with Crippen molar-refractivity contribution in [3.8, 4) is 0 Å². The summed E-state index contributed by atoms with van der Waals surface area (Å²) in [7, 11) is 2.10. The average Bonchev–Trinajstić information content (AvgIpc) is 2.02. The van der Waals surface area contributed by atoms with Crippen LogP contribution < -0.4 is 0 Å². The van der Waals surface area contributed by atoms with Crippen molar-refractivity contribution in [1.82, 2.24) is 4.90 Å². The van der Waals surface area contributed by atoms with Crippen LogP contribution in [0.1, 0.15) is 26.7 Å². The first-order chi connectivity index (χ1) is 6.42. The van der Waals surface area contributed by atoms with Crippen molar-refractivity contribution in [2.75, 3.05) is 20.1 Å². The lowest BCUT2D eigenvalue weighted by molar-refractivity contribution is -0.138. The molecule has 1 N–H and O–H groups in total. The molecule has 1 fully saturated rings. The highest BCUT2D eigenvalue weighted by Crippen LogP contribution is 2.33. The van der Waals surface area contributed by atoms with E-state index >= 15 is 0 Å². The molecule has 0 aromatic carbocycles. The Bertz CT molecular complexity index is 218. The van der Waals surface area contributed by atoms with Crippen LogP contribution in [0.5, 0.6) is 0 Å². The fourth-order valence-corrected chi connectivity index (χ4v) is 3.23. The van der Waals surface area contributed by atoms with Gasteiger partial charge in [0.15, 0.2) is 0 Å². The Kier molecular flexibility index (Phi) is 3.84. The maximum Gasteiger partial charge on any atom is 0.319 e. The maximum atomic E-state index is 10.9. The molecule has 1 rings (SSSR count). The van der Waals surface area contributed by atoms with Crippen molar-refractivity contribution in [2.24, 2.45) is 0 Å². The summed E-state index contributed by atoms with van der Waals surface area (Å²) < 4.78 is -0.650. The third-order valence-corrected chi connectivity index (χ3v) is 4.04. The number of rotatable bonds is 3. The minimum atomic E-state index is -0.712. The number of carbonyl (C=O) groups is 1. The lowest BCUT2D eigenvalue weighted by Crippen LogP contribution is -2.38. The number of hydrogen-bond acceptors (Lipinski definition) is 3. The van der Waals surface area contributed by atoms with Gasteiger partial charge in [0.2, 0.25) is 0 Å². The second-order valence-corrected chi connectivity index (χ2v) is 6.38. The highest BCUT2D eigenvalue weighted by molar-refractivity contribution is 8.02. The molecule has 0 spiro atoms. The van der Waals surface area contributed by atoms with Crippen molar-refractivity contribution in [1.29, 1.82) is 0 Å². The van der Waals surface area contributed by atoms with E-state index in [1.54, 1.807) is 25.6 Å². The monoisotopic (exact) mass is 217 g/mol. The van der Waals surface area contributed by atoms with E-state index in [4.69, 9.17) is 5.11 Å². The van der Waals surface area contributed by atoms with Gasteiger partial charge in [-0.1, -0.05) is 0 Å². The fraction of sp³-hybridized carbons (Fsp3) is 0.900. The average molecular weight is 217 g/mol. The zero-order valence-electron chi connectivity index (χ0n) is 9.12. The molecule has 0 amide bonds. The number of thioether (sulfide) groups is 1. The summed E-state index contributed by atoms with van der Waals surface area (Å²) in [5, 5.41) is 9.48. The molecule has 0 aliphatic carbocycles. The molecule has 1 aliphatic heterocycles. The summed E-state index contributed by atoms with van der Waals surface area (Å²) in [5.74, 6) is -0.712. The number of carboxylic acid groups (broad SMARTS) is 1. The Morgan fingerprint density at radius 3 is 2.71 bits per heavy atom. The largest absolute Gasteiger partial charge is 0.480 e. The minimum Gasteiger partial charge on any atom is -0.480 e. The molecular weight excluding hydrogens is 198 g/mol. The van der Waals surface area contributed by atoms with Gasteiger partial charge in [-0.25, -0.2) is 0 Å². The first-order valence-electron chi connectivity index (χ1n) is 5.01. The van der Waals surface area contributed by atoms with Gasteiger partial charge >= 0.3 is 5.97 Å². The summed E-state index contributed by atoms with van der Waals surface area (Å²) in [6.45, 7) is 5.73. The van der Waals surface area contributed by atoms with Gasteiger partial charge in [0.05, 0.1) is 0 Å². The Hall–Kier alpha value is -0.220. The number of aliphatic carboxylic acids is 1. The van der Waals surface area contributed by atoms with Gasteiger partial charge in [0.1, 0.15) is 4.75 Å². The van der Waals surface area contributed by atoms with E-state index in [1.165, 1.54) is 6.42 Å². The van der Waals surface area contributed by atoms with E-state index in [0.717, 1.165) is 19.5 Å². The molecule has 0 bridgehead atoms. The van der Waals surface area contributed by atoms with Crippen LogP contribution in [0.15, 0.2) is 0 Å². The van der Waals surface area contributed by atoms with Crippen molar-refractivity contribution in [3.05, 3.63) is 0 Å². The minimum absolute atomic E-state index is 0.472. The predicted molar refractivity (Wildman–Crippen MR) is 59.8 cm³/mol. The van der Waals surface area contributed by atoms with Crippen molar-refractivity contribution in [3.63, 3.8) is 0 Å². The molecular formula is C10H19NO2S. The molecule has 1 saturated heterocycles. The molecule has 0 aromatic heterocycles. The Morgan fingerprint density at radius 1 is 1.57 bits per heavy atom. The quantitative estimate of drug-likeness (QED) is 0.781. The number of hydrogen-bond donors (Lipinski definition) is 1. The zero-order valence-corrected chi connectivity index (χ0v) is 9.93. The smallest absolute Gasteiger partial charge is 0.319 e. The Labute approximate surface area is 89.9 Å². The fourth-order valence-electron chi connectivity index (χ4n) is 1.68. The molecule has 1 atom stereocenters. The van der Waals surface area contributed by atoms with E-state index in [2.05, 4.69) is 11.9 Å². The van der Waals surface area contributed by atoms with Crippen molar-refractivity contribution >= 4 is 17.7 Å². The molecule has 82 valence electrons. The molecule has 1 unspecified atom stereocenters. The van der Waals surface area contributed by atoms with Crippen LogP contribution in [-0.2, 0) is 4.79 Å². The SMILES string of the molecule is CN1CCCC(SC(C)(C)C(=O)O)C1. The van der Waals surface area contributed by atoms with E-state index in [9.17, 15) is 4.79 Å². The summed E-state index contributed by atoms with van der Waals surface area (Å²) >= 11 is 1.59. The van der Waals surface area contributed by atoms with Gasteiger partial charge in [-0.3, -0.25) is 4.79 Å². The topological polar surface area (TPSA) is 40.5 Å². The lowest BCUT2D eigenvalue weighted by Gasteiger charge is -2.33. The molecule has 0 radical (unpaired) electrons. The van der Waals surface area contributed by atoms with Crippen LogP contribution in [0.2, 0.25) is 0 Å². The first kappa shape index (κ1) is 11.9. The summed E-state index contributed by atoms with van der Waals surface area (Å²) in [5.41, 5.74) is 0. The third kappa shape index (κ3) is 3.17. The van der Waals surface area contributed by atoms with E-state index < -0.39 is 10.7 Å². The van der Waals surface area contributed by atoms with Gasteiger partial charge < -0.3 is 10.0 Å². The number of nitrogens with zero attached hydrogens (tertiary/aromatic N) is 1. The van der Waals surface area contributed by atoms with Crippen molar-refractivity contribution in [2.45, 2.75) is 36.7 Å². The highest BCUT2D eigenvalue weighted by atomic mass is 32.2. The van der Waals surface area contributed by atoms with Gasteiger partial charge in [-0.05, 0) is 40.3 Å². The molecule has 4 heteroatoms. The van der Waals surface area contributed by atoms with Crippen LogP contribution in [-0.4, -0.2) is 46.1 Å². The van der Waals surface area contributed by atoms with Crippen LogP contribution >= 0.6 is 11.8 Å². The number of likely N-dealkylation sites (tertiary alicyclic amines) is 1. The first-order valence-corrected chi connectivity index (χ1v) is 5.89. The molecule has 0 saturated carbocycles. The van der Waals surface area contributed by atoms with Gasteiger partial charge in [0, 0.05) is 11.8 Å². The molecule has 1 heterocycles. The predicted octanol–water partition coefficient (Wildman–Crippen LogP) is 1.68. The molecule has 0 aromatic rings. The Balaban J connectivity index is 2.47. The van der Waals surface area contributed by atoms with Gasteiger partial charge in [0.25, 0.3) is 0 Å². The lowest BCUT2D eigenvalue weighted by atomic mass is 10.1. The Morgan fingerprint density at radius 2 is 2.21 bits per heavy atom. The summed E-state index contributed by atoms with van der Waals surface area (Å²) in [4.78, 5) is 13.2. The highest BCUT2D eigenvalue weighted by Gasteiger charge is 2.32. The molecule has 3 nitrogen and oxygen atoms in total. The van der Waals surface area contributed by atoms with E-state index in [1.807, 2.05) is 0 Å². The van der Waals surface area contributed by atoms with Gasteiger partial charge in [-0.2, -0.15) is 0 Å². The summed E-state index contributed by atoms with van der Waals surface area (Å²) in [6.07, 6.45) is 2.33.